The SMILES string of the molecule is CC(=O)[C@@H](N)Cc1c[nH]c2ccc(OC(=O)OC(C)(C)C)cc12. The lowest BCUT2D eigenvalue weighted by Crippen LogP contribution is -2.30. The second kappa shape index (κ2) is 6.42. The van der Waals surface area contributed by atoms with Gasteiger partial charge in [0.25, 0.3) is 0 Å². The Morgan fingerprint density at radius 3 is 2.61 bits per heavy atom. The Balaban J connectivity index is 2.20. The highest BCUT2D eigenvalue weighted by atomic mass is 16.7. The molecule has 1 heterocycles. The van der Waals surface area contributed by atoms with Crippen LogP contribution in [0, 0.1) is 0 Å². The Kier molecular flexibility index (Phi) is 4.75. The Hall–Kier alpha value is -2.34. The third-order valence-electron chi connectivity index (χ3n) is 3.29. The summed E-state index contributed by atoms with van der Waals surface area (Å²) in [4.78, 5) is 26.2. The molecule has 1 aromatic heterocycles. The average molecular weight is 318 g/mol. The molecule has 0 amide bonds. The number of ketones is 1. The van der Waals surface area contributed by atoms with Crippen LogP contribution in [0.25, 0.3) is 10.9 Å². The van der Waals surface area contributed by atoms with E-state index in [0.717, 1.165) is 16.5 Å². The summed E-state index contributed by atoms with van der Waals surface area (Å²) in [5, 5.41) is 0.864. The van der Waals surface area contributed by atoms with Gasteiger partial charge < -0.3 is 20.2 Å². The molecule has 0 saturated heterocycles. The minimum absolute atomic E-state index is 0.0690. The van der Waals surface area contributed by atoms with Crippen LogP contribution in [-0.2, 0) is 16.0 Å². The quantitative estimate of drug-likeness (QED) is 0.667. The highest BCUT2D eigenvalue weighted by Crippen LogP contribution is 2.25. The van der Waals surface area contributed by atoms with Gasteiger partial charge in [0.15, 0.2) is 0 Å². The fourth-order valence-electron chi connectivity index (χ4n) is 2.14. The van der Waals surface area contributed by atoms with Gasteiger partial charge in [-0.25, -0.2) is 4.79 Å². The van der Waals surface area contributed by atoms with E-state index in [9.17, 15) is 9.59 Å². The molecule has 0 radical (unpaired) electrons. The molecule has 0 unspecified atom stereocenters. The second-order valence-corrected chi connectivity index (χ2v) is 6.51. The minimum atomic E-state index is -0.755. The summed E-state index contributed by atoms with van der Waals surface area (Å²) in [5.41, 5.74) is 6.98. The number of carbonyl (C=O) groups excluding carboxylic acids is 2. The smallest absolute Gasteiger partial charge is 0.428 e. The predicted molar refractivity (Wildman–Crippen MR) is 87.5 cm³/mol. The Morgan fingerprint density at radius 1 is 1.30 bits per heavy atom. The van der Waals surface area contributed by atoms with Gasteiger partial charge in [0.1, 0.15) is 17.1 Å². The molecular weight excluding hydrogens is 296 g/mol. The van der Waals surface area contributed by atoms with Crippen molar-refractivity contribution >= 4 is 22.8 Å². The molecular formula is C17H22N2O4. The lowest BCUT2D eigenvalue weighted by atomic mass is 10.0. The summed E-state index contributed by atoms with van der Waals surface area (Å²) in [6.07, 6.45) is 1.48. The molecule has 6 heteroatoms. The van der Waals surface area contributed by atoms with E-state index < -0.39 is 17.8 Å². The number of Topliss-reactive ketones (excluding diaryl/α,β-unsaturated/α-hetero) is 1. The number of carbonyl (C=O) groups is 2. The van der Waals surface area contributed by atoms with Crippen LogP contribution in [0.4, 0.5) is 4.79 Å². The molecule has 2 aromatic rings. The monoisotopic (exact) mass is 318 g/mol. The number of hydrogen-bond acceptors (Lipinski definition) is 5. The van der Waals surface area contributed by atoms with Crippen molar-refractivity contribution < 1.29 is 19.1 Å². The molecule has 0 saturated carbocycles. The lowest BCUT2D eigenvalue weighted by Gasteiger charge is -2.18. The van der Waals surface area contributed by atoms with Crippen molar-refractivity contribution in [1.29, 1.82) is 0 Å². The van der Waals surface area contributed by atoms with Gasteiger partial charge in [-0.2, -0.15) is 0 Å². The maximum absolute atomic E-state index is 11.7. The maximum Gasteiger partial charge on any atom is 0.514 e. The normalized spacial score (nSPS) is 12.9. The predicted octanol–water partition coefficient (Wildman–Crippen LogP) is 2.94. The van der Waals surface area contributed by atoms with Crippen molar-refractivity contribution in [2.45, 2.75) is 45.8 Å². The highest BCUT2D eigenvalue weighted by Gasteiger charge is 2.19. The summed E-state index contributed by atoms with van der Waals surface area (Å²) in [6, 6.07) is 4.66. The van der Waals surface area contributed by atoms with E-state index in [0.29, 0.717) is 12.2 Å². The minimum Gasteiger partial charge on any atom is -0.428 e. The number of benzene rings is 1. The first-order valence-electron chi connectivity index (χ1n) is 7.42. The molecule has 1 atom stereocenters. The zero-order valence-electron chi connectivity index (χ0n) is 13.8. The number of nitrogens with two attached hydrogens (primary N) is 1. The first kappa shape index (κ1) is 17.0. The molecule has 23 heavy (non-hydrogen) atoms. The van der Waals surface area contributed by atoms with Crippen LogP contribution < -0.4 is 10.5 Å². The van der Waals surface area contributed by atoms with Gasteiger partial charge in [-0.1, -0.05) is 0 Å². The van der Waals surface area contributed by atoms with E-state index >= 15 is 0 Å². The summed E-state index contributed by atoms with van der Waals surface area (Å²) < 4.78 is 10.3. The number of aromatic amines is 1. The zero-order chi connectivity index (χ0) is 17.2. The number of rotatable bonds is 4. The van der Waals surface area contributed by atoms with Crippen molar-refractivity contribution in [3.63, 3.8) is 0 Å². The summed E-state index contributed by atoms with van der Waals surface area (Å²) in [5.74, 6) is 0.310. The van der Waals surface area contributed by atoms with Crippen LogP contribution >= 0.6 is 0 Å². The van der Waals surface area contributed by atoms with Crippen molar-refractivity contribution in [2.75, 3.05) is 0 Å². The van der Waals surface area contributed by atoms with Crippen molar-refractivity contribution in [3.8, 4) is 5.75 Å². The molecule has 0 aliphatic carbocycles. The van der Waals surface area contributed by atoms with Crippen LogP contribution in [-0.4, -0.2) is 28.6 Å². The molecule has 6 nitrogen and oxygen atoms in total. The first-order chi connectivity index (χ1) is 10.7. The van der Waals surface area contributed by atoms with Crippen molar-refractivity contribution in [2.24, 2.45) is 5.73 Å². The summed E-state index contributed by atoms with van der Waals surface area (Å²) in [6.45, 7) is 6.77. The average Bonchev–Trinajstić information content (AvgIpc) is 2.79. The van der Waals surface area contributed by atoms with Crippen LogP contribution in [0.1, 0.15) is 33.3 Å². The van der Waals surface area contributed by atoms with Crippen LogP contribution in [0.5, 0.6) is 5.75 Å². The Morgan fingerprint density at radius 2 is 2.00 bits per heavy atom. The molecule has 0 aliphatic heterocycles. The number of aromatic nitrogens is 1. The molecule has 2 rings (SSSR count). The second-order valence-electron chi connectivity index (χ2n) is 6.51. The fraction of sp³-hybridized carbons (Fsp3) is 0.412. The van der Waals surface area contributed by atoms with E-state index in [4.69, 9.17) is 15.2 Å². The standard InChI is InChI=1S/C17H22N2O4/c1-10(20)14(18)7-11-9-19-15-6-5-12(8-13(11)15)22-16(21)23-17(2,3)4/h5-6,8-9,14,19H,7,18H2,1-4H3/t14-/m0/s1. The van der Waals surface area contributed by atoms with E-state index in [-0.39, 0.29) is 5.78 Å². The molecule has 124 valence electrons. The van der Waals surface area contributed by atoms with Crippen LogP contribution in [0.15, 0.2) is 24.4 Å². The number of H-pyrrole nitrogens is 1. The van der Waals surface area contributed by atoms with Crippen LogP contribution in [0.2, 0.25) is 0 Å². The molecule has 0 aliphatic rings. The van der Waals surface area contributed by atoms with E-state index in [1.54, 1.807) is 39.0 Å². The third kappa shape index (κ3) is 4.56. The molecule has 1 aromatic carbocycles. The van der Waals surface area contributed by atoms with Gasteiger partial charge >= 0.3 is 6.16 Å². The Bertz CT molecular complexity index is 728. The lowest BCUT2D eigenvalue weighted by molar-refractivity contribution is -0.118. The molecule has 0 spiro atoms. The number of fused-ring (bicyclic) bond motifs is 1. The number of nitrogens with one attached hydrogen (secondary N) is 1. The zero-order valence-corrected chi connectivity index (χ0v) is 13.8. The van der Waals surface area contributed by atoms with E-state index in [1.165, 1.54) is 6.92 Å². The van der Waals surface area contributed by atoms with Gasteiger partial charge in [0, 0.05) is 17.1 Å². The third-order valence-corrected chi connectivity index (χ3v) is 3.29. The fourth-order valence-corrected chi connectivity index (χ4v) is 2.14. The van der Waals surface area contributed by atoms with Crippen LogP contribution in [0.3, 0.4) is 0 Å². The number of ether oxygens (including phenoxy) is 2. The van der Waals surface area contributed by atoms with Gasteiger partial charge in [0.2, 0.25) is 0 Å². The Labute approximate surface area is 134 Å². The van der Waals surface area contributed by atoms with Crippen molar-refractivity contribution in [1.82, 2.24) is 4.98 Å². The van der Waals surface area contributed by atoms with Gasteiger partial charge in [0.05, 0.1) is 6.04 Å². The van der Waals surface area contributed by atoms with E-state index in [2.05, 4.69) is 4.98 Å². The first-order valence-corrected chi connectivity index (χ1v) is 7.42. The summed E-state index contributed by atoms with van der Waals surface area (Å²) in [7, 11) is 0. The van der Waals surface area contributed by atoms with Crippen molar-refractivity contribution in [3.05, 3.63) is 30.0 Å². The summed E-state index contributed by atoms with van der Waals surface area (Å²) >= 11 is 0. The van der Waals surface area contributed by atoms with Gasteiger partial charge in [-0.3, -0.25) is 4.79 Å². The van der Waals surface area contributed by atoms with Gasteiger partial charge in [-0.05, 0) is 57.9 Å². The number of hydrogen-bond donors (Lipinski definition) is 2. The van der Waals surface area contributed by atoms with Gasteiger partial charge in [-0.15, -0.1) is 0 Å². The molecule has 0 bridgehead atoms. The molecule has 3 N–H and O–H groups in total. The maximum atomic E-state index is 11.7. The topological polar surface area (TPSA) is 94.4 Å². The largest absolute Gasteiger partial charge is 0.514 e. The molecule has 0 fully saturated rings. The highest BCUT2D eigenvalue weighted by molar-refractivity contribution is 5.87. The van der Waals surface area contributed by atoms with E-state index in [1.807, 2.05) is 6.20 Å².